The van der Waals surface area contributed by atoms with Crippen molar-refractivity contribution in [3.05, 3.63) is 47.8 Å². The van der Waals surface area contributed by atoms with Crippen LogP contribution in [0.3, 0.4) is 0 Å². The molecule has 2 aromatic rings. The average Bonchev–Trinajstić information content (AvgIpc) is 2.64. The third-order valence-corrected chi connectivity index (χ3v) is 5.38. The number of benzene rings is 2. The zero-order chi connectivity index (χ0) is 19.4. The van der Waals surface area contributed by atoms with Crippen molar-refractivity contribution in [1.82, 2.24) is 4.72 Å². The first-order chi connectivity index (χ1) is 12.8. The van der Waals surface area contributed by atoms with Gasteiger partial charge in [0.05, 0.1) is 4.90 Å². The first-order valence-corrected chi connectivity index (χ1v) is 9.79. The first kappa shape index (κ1) is 19.1. The Kier molecular flexibility index (Phi) is 5.62. The number of amides is 1. The van der Waals surface area contributed by atoms with Gasteiger partial charge in [-0.25, -0.2) is 17.5 Å². The monoisotopic (exact) mass is 394 g/mol. The second-order valence-electron chi connectivity index (χ2n) is 5.97. The highest BCUT2D eigenvalue weighted by Gasteiger charge is 2.19. The van der Waals surface area contributed by atoms with Gasteiger partial charge in [-0.05, 0) is 36.8 Å². The molecule has 0 aliphatic carbocycles. The van der Waals surface area contributed by atoms with Gasteiger partial charge in [0.25, 0.3) is 0 Å². The summed E-state index contributed by atoms with van der Waals surface area (Å²) in [4.78, 5) is 11.9. The normalized spacial score (nSPS) is 13.3. The Morgan fingerprint density at radius 2 is 1.85 bits per heavy atom. The van der Waals surface area contributed by atoms with Gasteiger partial charge in [0.1, 0.15) is 19.0 Å². The maximum atomic E-state index is 13.5. The molecule has 0 atom stereocenters. The van der Waals surface area contributed by atoms with E-state index in [1.807, 2.05) is 0 Å². The summed E-state index contributed by atoms with van der Waals surface area (Å²) in [6.07, 6.45) is -0.0979. The largest absolute Gasteiger partial charge is 0.486 e. The number of fused-ring (bicyclic) bond motifs is 1. The van der Waals surface area contributed by atoms with Gasteiger partial charge in [-0.3, -0.25) is 4.79 Å². The molecule has 0 bridgehead atoms. The highest BCUT2D eigenvalue weighted by molar-refractivity contribution is 7.89. The van der Waals surface area contributed by atoms with Crippen molar-refractivity contribution >= 4 is 21.6 Å². The number of sulfonamides is 1. The van der Waals surface area contributed by atoms with E-state index in [4.69, 9.17) is 9.47 Å². The molecule has 7 nitrogen and oxygen atoms in total. The number of carbonyl (C=O) groups is 1. The molecule has 0 fully saturated rings. The van der Waals surface area contributed by atoms with Crippen molar-refractivity contribution < 1.29 is 27.1 Å². The van der Waals surface area contributed by atoms with Gasteiger partial charge in [-0.2, -0.15) is 0 Å². The summed E-state index contributed by atoms with van der Waals surface area (Å²) in [7, 11) is -3.80. The van der Waals surface area contributed by atoms with Gasteiger partial charge in [0, 0.05) is 24.7 Å². The Morgan fingerprint density at radius 3 is 2.59 bits per heavy atom. The van der Waals surface area contributed by atoms with Crippen LogP contribution in [0, 0.1) is 12.7 Å². The van der Waals surface area contributed by atoms with Crippen molar-refractivity contribution in [3.8, 4) is 11.5 Å². The Labute approximate surface area is 156 Å². The minimum atomic E-state index is -3.80. The molecular weight excluding hydrogens is 375 g/mol. The van der Waals surface area contributed by atoms with E-state index in [0.717, 1.165) is 0 Å². The topological polar surface area (TPSA) is 93.7 Å². The van der Waals surface area contributed by atoms with Crippen LogP contribution in [0.5, 0.6) is 11.5 Å². The number of aryl methyl sites for hydroxylation is 1. The van der Waals surface area contributed by atoms with Crippen LogP contribution in [-0.4, -0.2) is 34.1 Å². The molecule has 0 unspecified atom stereocenters. The van der Waals surface area contributed by atoms with Crippen LogP contribution in [0.1, 0.15) is 12.0 Å². The molecule has 2 aromatic carbocycles. The Hall–Kier alpha value is -2.65. The second-order valence-corrected chi connectivity index (χ2v) is 7.73. The summed E-state index contributed by atoms with van der Waals surface area (Å²) in [6, 6.07) is 8.66. The number of anilines is 1. The molecule has 9 heteroatoms. The molecule has 1 aliphatic heterocycles. The molecule has 1 amide bonds. The molecule has 0 radical (unpaired) electrons. The minimum absolute atomic E-state index is 0.0211. The average molecular weight is 394 g/mol. The molecule has 0 saturated carbocycles. The van der Waals surface area contributed by atoms with Crippen LogP contribution in [0.4, 0.5) is 10.1 Å². The molecular formula is C18H19FN2O5S. The lowest BCUT2D eigenvalue weighted by Gasteiger charge is -2.18. The molecule has 144 valence electrons. The fourth-order valence-electron chi connectivity index (χ4n) is 2.47. The molecule has 27 heavy (non-hydrogen) atoms. The summed E-state index contributed by atoms with van der Waals surface area (Å²) >= 11 is 0. The molecule has 1 heterocycles. The van der Waals surface area contributed by atoms with E-state index in [9.17, 15) is 17.6 Å². The first-order valence-electron chi connectivity index (χ1n) is 8.30. The van der Waals surface area contributed by atoms with E-state index >= 15 is 0 Å². The number of carbonyl (C=O) groups excluding carboxylic acids is 1. The van der Waals surface area contributed by atoms with Crippen LogP contribution < -0.4 is 19.5 Å². The SMILES string of the molecule is Cc1ccc(NC(=O)CCNS(=O)(=O)c2ccc3c(c2)OCCO3)cc1F. The fraction of sp³-hybridized carbons (Fsp3) is 0.278. The lowest BCUT2D eigenvalue weighted by Crippen LogP contribution is -2.28. The lowest BCUT2D eigenvalue weighted by molar-refractivity contribution is -0.116. The van der Waals surface area contributed by atoms with Gasteiger partial charge in [0.15, 0.2) is 11.5 Å². The van der Waals surface area contributed by atoms with Crippen molar-refractivity contribution in [2.24, 2.45) is 0 Å². The van der Waals surface area contributed by atoms with Crippen LogP contribution in [0.2, 0.25) is 0 Å². The number of nitrogens with one attached hydrogen (secondary N) is 2. The highest BCUT2D eigenvalue weighted by atomic mass is 32.2. The number of hydrogen-bond donors (Lipinski definition) is 2. The maximum absolute atomic E-state index is 13.5. The van der Waals surface area contributed by atoms with E-state index in [2.05, 4.69) is 10.0 Å². The third kappa shape index (κ3) is 4.75. The number of halogens is 1. The van der Waals surface area contributed by atoms with Crippen LogP contribution in [0.15, 0.2) is 41.3 Å². The van der Waals surface area contributed by atoms with Gasteiger partial charge < -0.3 is 14.8 Å². The highest BCUT2D eigenvalue weighted by Crippen LogP contribution is 2.32. The standard InChI is InChI=1S/C18H19FN2O5S/c1-12-2-3-13(10-15(12)19)21-18(22)6-7-20-27(23,24)14-4-5-16-17(11-14)26-9-8-25-16/h2-5,10-11,20H,6-9H2,1H3,(H,21,22). The summed E-state index contributed by atoms with van der Waals surface area (Å²) in [6.45, 7) is 2.28. The van der Waals surface area contributed by atoms with Gasteiger partial charge in [0.2, 0.25) is 15.9 Å². The van der Waals surface area contributed by atoms with E-state index in [1.165, 1.54) is 24.3 Å². The molecule has 2 N–H and O–H groups in total. The van der Waals surface area contributed by atoms with E-state index < -0.39 is 21.7 Å². The van der Waals surface area contributed by atoms with Crippen LogP contribution in [0.25, 0.3) is 0 Å². The minimum Gasteiger partial charge on any atom is -0.486 e. The zero-order valence-corrected chi connectivity index (χ0v) is 15.4. The molecule has 3 rings (SSSR count). The van der Waals surface area contributed by atoms with Crippen molar-refractivity contribution in [2.45, 2.75) is 18.2 Å². The summed E-state index contributed by atoms with van der Waals surface area (Å²) < 4.78 is 51.3. The quantitative estimate of drug-likeness (QED) is 0.784. The third-order valence-electron chi connectivity index (χ3n) is 3.92. The smallest absolute Gasteiger partial charge is 0.240 e. The van der Waals surface area contributed by atoms with Crippen molar-refractivity contribution in [3.63, 3.8) is 0 Å². The molecule has 1 aliphatic rings. The Morgan fingerprint density at radius 1 is 1.11 bits per heavy atom. The van der Waals surface area contributed by atoms with Gasteiger partial charge in [-0.1, -0.05) is 6.07 Å². The Bertz CT molecular complexity index is 962. The predicted molar refractivity (Wildman–Crippen MR) is 97.0 cm³/mol. The van der Waals surface area contributed by atoms with Crippen LogP contribution in [-0.2, 0) is 14.8 Å². The lowest BCUT2D eigenvalue weighted by atomic mass is 10.2. The molecule has 0 aromatic heterocycles. The number of hydrogen-bond acceptors (Lipinski definition) is 5. The molecule has 0 saturated heterocycles. The number of rotatable bonds is 6. The molecule has 0 spiro atoms. The zero-order valence-electron chi connectivity index (χ0n) is 14.6. The fourth-order valence-corrected chi connectivity index (χ4v) is 3.51. The van der Waals surface area contributed by atoms with Gasteiger partial charge in [-0.15, -0.1) is 0 Å². The maximum Gasteiger partial charge on any atom is 0.240 e. The second kappa shape index (κ2) is 7.93. The number of ether oxygens (including phenoxy) is 2. The van der Waals surface area contributed by atoms with Crippen LogP contribution >= 0.6 is 0 Å². The van der Waals surface area contributed by atoms with E-state index in [0.29, 0.717) is 36.0 Å². The van der Waals surface area contributed by atoms with Crippen molar-refractivity contribution in [2.75, 3.05) is 25.1 Å². The van der Waals surface area contributed by atoms with Crippen molar-refractivity contribution in [1.29, 1.82) is 0 Å². The summed E-state index contributed by atoms with van der Waals surface area (Å²) in [5.41, 5.74) is 0.790. The van der Waals surface area contributed by atoms with E-state index in [-0.39, 0.29) is 17.9 Å². The van der Waals surface area contributed by atoms with E-state index in [1.54, 1.807) is 19.1 Å². The summed E-state index contributed by atoms with van der Waals surface area (Å²) in [5.74, 6) is 0.00316. The predicted octanol–water partition coefficient (Wildman–Crippen LogP) is 2.21. The summed E-state index contributed by atoms with van der Waals surface area (Å²) in [5, 5.41) is 2.53. The Balaban J connectivity index is 1.55. The van der Waals surface area contributed by atoms with Gasteiger partial charge >= 0.3 is 0 Å².